The molecule has 1 aliphatic heterocycles. The Hall–Kier alpha value is -1.10. The highest BCUT2D eigenvalue weighted by Crippen LogP contribution is 2.20. The van der Waals surface area contributed by atoms with Crippen LogP contribution in [-0.2, 0) is 11.2 Å². The Morgan fingerprint density at radius 1 is 1.12 bits per heavy atom. The van der Waals surface area contributed by atoms with E-state index >= 15 is 0 Å². The first-order chi connectivity index (χ1) is 11.7. The maximum absolute atomic E-state index is 9.90. The van der Waals surface area contributed by atoms with Crippen molar-refractivity contribution >= 4 is 0 Å². The number of hydrogen-bond donors (Lipinski definition) is 2. The molecule has 1 fully saturated rings. The van der Waals surface area contributed by atoms with E-state index in [-0.39, 0.29) is 12.1 Å². The van der Waals surface area contributed by atoms with E-state index in [4.69, 9.17) is 15.2 Å². The van der Waals surface area contributed by atoms with Gasteiger partial charge in [-0.05, 0) is 37.0 Å². The monoisotopic (exact) mass is 335 g/mol. The first kappa shape index (κ1) is 19.2. The van der Waals surface area contributed by atoms with Crippen LogP contribution in [0.15, 0.2) is 24.3 Å². The lowest BCUT2D eigenvalue weighted by Gasteiger charge is -2.15. The molecule has 4 nitrogen and oxygen atoms in total. The summed E-state index contributed by atoms with van der Waals surface area (Å²) >= 11 is 0. The molecule has 0 amide bonds. The zero-order valence-corrected chi connectivity index (χ0v) is 15.0. The minimum absolute atomic E-state index is 0.136. The van der Waals surface area contributed by atoms with Crippen LogP contribution in [0.2, 0.25) is 0 Å². The van der Waals surface area contributed by atoms with Crippen LogP contribution in [0.3, 0.4) is 0 Å². The molecule has 1 heterocycles. The van der Waals surface area contributed by atoms with Gasteiger partial charge in [-0.3, -0.25) is 0 Å². The van der Waals surface area contributed by atoms with Gasteiger partial charge < -0.3 is 20.3 Å². The van der Waals surface area contributed by atoms with Crippen LogP contribution in [0, 0.1) is 0 Å². The van der Waals surface area contributed by atoms with Gasteiger partial charge in [-0.1, -0.05) is 51.2 Å². The standard InChI is InChI=1S/C20H33NO3/c1-2-3-4-5-6-7-14-23-17-11-8-16(9-12-17)10-13-19-20(22)18(21)15-24-19/h8-9,11-12,18-20,22H,2-7,10,13-15,21H2,1H3/t18-,19-,20-/m0/s1. The molecule has 1 aromatic carbocycles. The quantitative estimate of drug-likeness (QED) is 0.608. The number of hydrogen-bond acceptors (Lipinski definition) is 4. The molecule has 1 saturated heterocycles. The van der Waals surface area contributed by atoms with Crippen molar-refractivity contribution in [3.8, 4) is 5.75 Å². The first-order valence-corrected chi connectivity index (χ1v) is 9.47. The maximum atomic E-state index is 9.90. The van der Waals surface area contributed by atoms with E-state index in [1.165, 1.54) is 37.7 Å². The minimum atomic E-state index is -0.537. The van der Waals surface area contributed by atoms with Gasteiger partial charge in [-0.25, -0.2) is 0 Å². The Morgan fingerprint density at radius 2 is 1.83 bits per heavy atom. The Balaban J connectivity index is 1.60. The van der Waals surface area contributed by atoms with Crippen LogP contribution in [0.5, 0.6) is 5.75 Å². The number of unbranched alkanes of at least 4 members (excludes halogenated alkanes) is 5. The normalized spacial score (nSPS) is 23.5. The van der Waals surface area contributed by atoms with Crippen LogP contribution >= 0.6 is 0 Å². The number of rotatable bonds is 11. The minimum Gasteiger partial charge on any atom is -0.494 e. The van der Waals surface area contributed by atoms with Gasteiger partial charge in [0.1, 0.15) is 5.75 Å². The van der Waals surface area contributed by atoms with Crippen LogP contribution in [-0.4, -0.2) is 36.6 Å². The molecule has 3 N–H and O–H groups in total. The molecule has 24 heavy (non-hydrogen) atoms. The summed E-state index contributed by atoms with van der Waals surface area (Å²) in [4.78, 5) is 0. The maximum Gasteiger partial charge on any atom is 0.119 e. The second-order valence-corrected chi connectivity index (χ2v) is 6.83. The van der Waals surface area contributed by atoms with E-state index in [1.54, 1.807) is 0 Å². The van der Waals surface area contributed by atoms with Crippen molar-refractivity contribution in [2.45, 2.75) is 76.5 Å². The molecule has 1 aliphatic rings. The first-order valence-electron chi connectivity index (χ1n) is 9.47. The molecule has 0 aromatic heterocycles. The summed E-state index contributed by atoms with van der Waals surface area (Å²) in [5.41, 5.74) is 6.99. The average molecular weight is 335 g/mol. The highest BCUT2D eigenvalue weighted by atomic mass is 16.5. The molecule has 0 spiro atoms. The molecule has 4 heteroatoms. The fraction of sp³-hybridized carbons (Fsp3) is 0.700. The third kappa shape index (κ3) is 6.42. The van der Waals surface area contributed by atoms with E-state index in [0.29, 0.717) is 6.61 Å². The zero-order valence-electron chi connectivity index (χ0n) is 15.0. The van der Waals surface area contributed by atoms with E-state index in [0.717, 1.165) is 31.6 Å². The number of benzene rings is 1. The highest BCUT2D eigenvalue weighted by Gasteiger charge is 2.32. The topological polar surface area (TPSA) is 64.7 Å². The van der Waals surface area contributed by atoms with Gasteiger partial charge in [0.15, 0.2) is 0 Å². The lowest BCUT2D eigenvalue weighted by molar-refractivity contribution is 0.0362. The van der Waals surface area contributed by atoms with Crippen molar-refractivity contribution < 1.29 is 14.6 Å². The second-order valence-electron chi connectivity index (χ2n) is 6.83. The summed E-state index contributed by atoms with van der Waals surface area (Å²) in [6.45, 7) is 3.49. The van der Waals surface area contributed by atoms with Crippen molar-refractivity contribution in [1.82, 2.24) is 0 Å². The lowest BCUT2D eigenvalue weighted by Crippen LogP contribution is -2.36. The number of ether oxygens (including phenoxy) is 2. The summed E-state index contributed by atoms with van der Waals surface area (Å²) in [7, 11) is 0. The van der Waals surface area contributed by atoms with Crippen LogP contribution in [0.1, 0.15) is 57.4 Å². The SMILES string of the molecule is CCCCCCCCOc1ccc(CC[C@@H]2OC[C@H](N)[C@@H]2O)cc1. The number of aryl methyl sites for hydroxylation is 1. The number of aliphatic hydroxyl groups is 1. The second kappa shape index (κ2) is 10.7. The van der Waals surface area contributed by atoms with Crippen LogP contribution in [0.4, 0.5) is 0 Å². The van der Waals surface area contributed by atoms with Gasteiger partial charge in [0.2, 0.25) is 0 Å². The van der Waals surface area contributed by atoms with Crippen LogP contribution in [0.25, 0.3) is 0 Å². The van der Waals surface area contributed by atoms with Gasteiger partial charge >= 0.3 is 0 Å². The molecule has 3 atom stereocenters. The molecule has 1 aromatic rings. The van der Waals surface area contributed by atoms with Gasteiger partial charge in [0, 0.05) is 0 Å². The van der Waals surface area contributed by atoms with Crippen LogP contribution < -0.4 is 10.5 Å². The molecule has 2 rings (SSSR count). The Kier molecular flexibility index (Phi) is 8.57. The van der Waals surface area contributed by atoms with Gasteiger partial charge in [0.25, 0.3) is 0 Å². The average Bonchev–Trinajstić information content (AvgIpc) is 2.92. The molecular weight excluding hydrogens is 302 g/mol. The summed E-state index contributed by atoms with van der Waals surface area (Å²) in [6.07, 6.45) is 8.68. The highest BCUT2D eigenvalue weighted by molar-refractivity contribution is 5.27. The smallest absolute Gasteiger partial charge is 0.119 e. The summed E-state index contributed by atoms with van der Waals surface area (Å²) in [5.74, 6) is 0.937. The molecular formula is C20H33NO3. The molecule has 0 unspecified atom stereocenters. The van der Waals surface area contributed by atoms with Gasteiger partial charge in [-0.15, -0.1) is 0 Å². The summed E-state index contributed by atoms with van der Waals surface area (Å²) in [5, 5.41) is 9.90. The molecule has 0 aliphatic carbocycles. The van der Waals surface area contributed by atoms with E-state index in [2.05, 4.69) is 19.1 Å². The number of nitrogens with two attached hydrogens (primary N) is 1. The molecule has 0 bridgehead atoms. The fourth-order valence-corrected chi connectivity index (χ4v) is 3.10. The molecule has 0 radical (unpaired) electrons. The number of aliphatic hydroxyl groups excluding tert-OH is 1. The van der Waals surface area contributed by atoms with Crippen molar-refractivity contribution in [1.29, 1.82) is 0 Å². The largest absolute Gasteiger partial charge is 0.494 e. The van der Waals surface area contributed by atoms with Gasteiger partial charge in [-0.2, -0.15) is 0 Å². The Morgan fingerprint density at radius 3 is 2.50 bits per heavy atom. The van der Waals surface area contributed by atoms with Crippen molar-refractivity contribution in [2.75, 3.05) is 13.2 Å². The Bertz CT molecular complexity index is 449. The van der Waals surface area contributed by atoms with E-state index < -0.39 is 6.10 Å². The van der Waals surface area contributed by atoms with E-state index in [9.17, 15) is 5.11 Å². The molecule has 0 saturated carbocycles. The van der Waals surface area contributed by atoms with Crippen molar-refractivity contribution in [2.24, 2.45) is 5.73 Å². The predicted octanol–water partition coefficient (Wildman–Crippen LogP) is 3.45. The summed E-state index contributed by atoms with van der Waals surface area (Å²) in [6, 6.07) is 8.01. The fourth-order valence-electron chi connectivity index (χ4n) is 3.10. The summed E-state index contributed by atoms with van der Waals surface area (Å²) < 4.78 is 11.3. The Labute approximate surface area is 146 Å². The zero-order chi connectivity index (χ0) is 17.2. The lowest BCUT2D eigenvalue weighted by atomic mass is 10.0. The van der Waals surface area contributed by atoms with Crippen molar-refractivity contribution in [3.05, 3.63) is 29.8 Å². The van der Waals surface area contributed by atoms with E-state index in [1.807, 2.05) is 12.1 Å². The van der Waals surface area contributed by atoms with Gasteiger partial charge in [0.05, 0.1) is 31.5 Å². The predicted molar refractivity (Wildman–Crippen MR) is 97.4 cm³/mol. The third-order valence-corrected chi connectivity index (χ3v) is 4.73. The molecule has 136 valence electrons. The van der Waals surface area contributed by atoms with Crippen molar-refractivity contribution in [3.63, 3.8) is 0 Å². The third-order valence-electron chi connectivity index (χ3n) is 4.73.